The topological polar surface area (TPSA) is 20.3 Å². The van der Waals surface area contributed by atoms with Crippen LogP contribution in [-0.2, 0) is 11.3 Å². The van der Waals surface area contributed by atoms with Crippen molar-refractivity contribution in [2.24, 2.45) is 0 Å². The molecule has 4 heteroatoms. The van der Waals surface area contributed by atoms with Crippen LogP contribution >= 0.6 is 0 Å². The first-order chi connectivity index (χ1) is 11.9. The smallest absolute Gasteiger partial charge is 0.159 e. The van der Waals surface area contributed by atoms with Gasteiger partial charge >= 0.3 is 0 Å². The summed E-state index contributed by atoms with van der Waals surface area (Å²) in [6, 6.07) is 12.2. The Labute approximate surface area is 148 Å². The first kappa shape index (κ1) is 19.3. The molecule has 0 saturated carbocycles. The van der Waals surface area contributed by atoms with Crippen molar-refractivity contribution in [2.45, 2.75) is 45.7 Å². The number of rotatable bonds is 8. The number of aldehydes is 1. The van der Waals surface area contributed by atoms with Crippen LogP contribution in [0.3, 0.4) is 0 Å². The molecule has 134 valence electrons. The highest BCUT2D eigenvalue weighted by molar-refractivity contribution is 5.62. The fraction of sp³-hybridized carbons (Fsp3) is 0.381. The third-order valence-corrected chi connectivity index (χ3v) is 4.50. The molecule has 0 aliphatic heterocycles. The summed E-state index contributed by atoms with van der Waals surface area (Å²) in [6.07, 6.45) is 1.68. The van der Waals surface area contributed by atoms with E-state index in [0.29, 0.717) is 19.5 Å². The summed E-state index contributed by atoms with van der Waals surface area (Å²) in [6.45, 7) is 7.35. The molecule has 0 saturated heterocycles. The zero-order valence-electron chi connectivity index (χ0n) is 15.0. The lowest BCUT2D eigenvalue weighted by Crippen LogP contribution is -2.32. The first-order valence-corrected chi connectivity index (χ1v) is 8.60. The number of carbonyl (C=O) groups is 1. The Morgan fingerprint density at radius 3 is 2.28 bits per heavy atom. The van der Waals surface area contributed by atoms with Crippen LogP contribution in [0.2, 0.25) is 0 Å². The maximum atomic E-state index is 13.4. The lowest BCUT2D eigenvalue weighted by Gasteiger charge is -2.27. The molecule has 0 aromatic heterocycles. The van der Waals surface area contributed by atoms with E-state index in [-0.39, 0.29) is 12.0 Å². The second-order valence-corrected chi connectivity index (χ2v) is 6.75. The van der Waals surface area contributed by atoms with E-state index >= 15 is 0 Å². The molecule has 1 unspecified atom stereocenters. The Bertz CT molecular complexity index is 698. The second kappa shape index (κ2) is 8.86. The Hall–Kier alpha value is -2.07. The van der Waals surface area contributed by atoms with E-state index in [4.69, 9.17) is 0 Å². The van der Waals surface area contributed by atoms with Crippen LogP contribution in [-0.4, -0.2) is 23.8 Å². The van der Waals surface area contributed by atoms with E-state index in [9.17, 15) is 13.6 Å². The Balaban J connectivity index is 2.03. The van der Waals surface area contributed by atoms with Crippen molar-refractivity contribution in [2.75, 3.05) is 6.54 Å². The average Bonchev–Trinajstić information content (AvgIpc) is 2.58. The number of benzene rings is 2. The van der Waals surface area contributed by atoms with Gasteiger partial charge in [-0.05, 0) is 57.0 Å². The van der Waals surface area contributed by atoms with Crippen LogP contribution in [0.1, 0.15) is 42.9 Å². The van der Waals surface area contributed by atoms with Gasteiger partial charge < -0.3 is 4.79 Å². The van der Waals surface area contributed by atoms with Crippen LogP contribution in [0, 0.1) is 18.6 Å². The monoisotopic (exact) mass is 345 g/mol. The summed E-state index contributed by atoms with van der Waals surface area (Å²) >= 11 is 0. The summed E-state index contributed by atoms with van der Waals surface area (Å²) in [4.78, 5) is 13.7. The molecule has 2 aromatic carbocycles. The van der Waals surface area contributed by atoms with E-state index in [2.05, 4.69) is 18.7 Å². The minimum atomic E-state index is -0.833. The minimum Gasteiger partial charge on any atom is -0.303 e. The number of hydrogen-bond donors (Lipinski definition) is 0. The quantitative estimate of drug-likeness (QED) is 0.637. The largest absolute Gasteiger partial charge is 0.303 e. The predicted octanol–water partition coefficient (Wildman–Crippen LogP) is 4.86. The Morgan fingerprint density at radius 2 is 1.72 bits per heavy atom. The van der Waals surface area contributed by atoms with Crippen LogP contribution in [0.5, 0.6) is 0 Å². The molecule has 1 atom stereocenters. The zero-order valence-corrected chi connectivity index (χ0v) is 15.0. The van der Waals surface area contributed by atoms with E-state index < -0.39 is 11.6 Å². The third-order valence-electron chi connectivity index (χ3n) is 4.50. The number of carbonyl (C=O) groups excluding carboxylic acids is 1. The predicted molar refractivity (Wildman–Crippen MR) is 96.5 cm³/mol. The normalized spacial score (nSPS) is 12.6. The second-order valence-electron chi connectivity index (χ2n) is 6.75. The maximum Gasteiger partial charge on any atom is 0.159 e. The highest BCUT2D eigenvalue weighted by Gasteiger charge is 2.16. The lowest BCUT2D eigenvalue weighted by molar-refractivity contribution is -0.109. The molecule has 25 heavy (non-hydrogen) atoms. The van der Waals surface area contributed by atoms with Crippen LogP contribution in [0.15, 0.2) is 42.5 Å². The highest BCUT2D eigenvalue weighted by Crippen LogP contribution is 2.20. The van der Waals surface area contributed by atoms with Gasteiger partial charge in [-0.2, -0.15) is 0 Å². The first-order valence-electron chi connectivity index (χ1n) is 8.60. The van der Waals surface area contributed by atoms with Gasteiger partial charge in [0.2, 0.25) is 0 Å². The van der Waals surface area contributed by atoms with Gasteiger partial charge in [0, 0.05) is 18.5 Å². The van der Waals surface area contributed by atoms with E-state index in [1.54, 1.807) is 6.07 Å². The van der Waals surface area contributed by atoms with Gasteiger partial charge in [0.15, 0.2) is 11.6 Å². The summed E-state index contributed by atoms with van der Waals surface area (Å²) in [5.74, 6) is -1.82. The summed E-state index contributed by atoms with van der Waals surface area (Å²) in [7, 11) is 0. The van der Waals surface area contributed by atoms with Gasteiger partial charge in [0.05, 0.1) is 0 Å². The molecule has 2 nitrogen and oxygen atoms in total. The van der Waals surface area contributed by atoms with Gasteiger partial charge in [-0.1, -0.05) is 35.9 Å². The minimum absolute atomic E-state index is 0.160. The summed E-state index contributed by atoms with van der Waals surface area (Å²) < 4.78 is 26.5. The van der Waals surface area contributed by atoms with E-state index in [1.807, 2.05) is 31.2 Å². The molecular weight excluding hydrogens is 320 g/mol. The van der Waals surface area contributed by atoms with Crippen molar-refractivity contribution in [3.05, 3.63) is 70.8 Å². The van der Waals surface area contributed by atoms with Crippen molar-refractivity contribution in [3.63, 3.8) is 0 Å². The highest BCUT2D eigenvalue weighted by atomic mass is 19.2. The van der Waals surface area contributed by atoms with Crippen LogP contribution in [0.4, 0.5) is 8.78 Å². The van der Waals surface area contributed by atoms with E-state index in [0.717, 1.165) is 29.0 Å². The average molecular weight is 345 g/mol. The van der Waals surface area contributed by atoms with E-state index in [1.165, 1.54) is 6.07 Å². The number of hydrogen-bond acceptors (Lipinski definition) is 2. The van der Waals surface area contributed by atoms with Gasteiger partial charge in [-0.3, -0.25) is 4.90 Å². The molecule has 0 bridgehead atoms. The van der Waals surface area contributed by atoms with Crippen molar-refractivity contribution >= 4 is 6.29 Å². The van der Waals surface area contributed by atoms with Gasteiger partial charge in [-0.15, -0.1) is 0 Å². The standard InChI is InChI=1S/C21H25F2NO/c1-15(2)24(13-17-6-9-20(22)21(23)12-17)11-10-19(14-25)18-7-4-16(3)5-8-18/h4-9,12,14-15,19H,10-11,13H2,1-3H3. The molecule has 0 aliphatic rings. The molecular formula is C21H25F2NO. The number of aryl methyl sites for hydroxylation is 1. The van der Waals surface area contributed by atoms with Crippen molar-refractivity contribution in [1.29, 1.82) is 0 Å². The molecule has 0 spiro atoms. The fourth-order valence-electron chi connectivity index (χ4n) is 2.82. The molecule has 2 rings (SSSR count). The zero-order chi connectivity index (χ0) is 18.4. The summed E-state index contributed by atoms with van der Waals surface area (Å²) in [5.41, 5.74) is 2.90. The molecule has 0 radical (unpaired) electrons. The Kier molecular flexibility index (Phi) is 6.82. The molecule has 2 aromatic rings. The molecule has 0 aliphatic carbocycles. The van der Waals surface area contributed by atoms with Gasteiger partial charge in [0.25, 0.3) is 0 Å². The van der Waals surface area contributed by atoms with Gasteiger partial charge in [-0.25, -0.2) is 8.78 Å². The fourth-order valence-corrected chi connectivity index (χ4v) is 2.82. The number of halogens is 2. The van der Waals surface area contributed by atoms with Crippen molar-refractivity contribution < 1.29 is 13.6 Å². The molecule has 0 amide bonds. The Morgan fingerprint density at radius 1 is 1.04 bits per heavy atom. The van der Waals surface area contributed by atoms with Crippen LogP contribution < -0.4 is 0 Å². The number of nitrogens with zero attached hydrogens (tertiary/aromatic N) is 1. The SMILES string of the molecule is Cc1ccc(C(C=O)CCN(Cc2ccc(F)c(F)c2)C(C)C)cc1. The molecule has 0 fully saturated rings. The molecule has 0 heterocycles. The lowest BCUT2D eigenvalue weighted by atomic mass is 9.96. The third kappa shape index (κ3) is 5.46. The van der Waals surface area contributed by atoms with Crippen molar-refractivity contribution in [3.8, 4) is 0 Å². The van der Waals surface area contributed by atoms with Gasteiger partial charge in [0.1, 0.15) is 6.29 Å². The van der Waals surface area contributed by atoms with Crippen molar-refractivity contribution in [1.82, 2.24) is 4.90 Å². The summed E-state index contributed by atoms with van der Waals surface area (Å²) in [5, 5.41) is 0. The van der Waals surface area contributed by atoms with Crippen LogP contribution in [0.25, 0.3) is 0 Å². The molecule has 0 N–H and O–H groups in total. The maximum absolute atomic E-state index is 13.4.